The molecule has 0 bridgehead atoms. The van der Waals surface area contributed by atoms with Gasteiger partial charge in [-0.25, -0.2) is 28.2 Å². The van der Waals surface area contributed by atoms with Gasteiger partial charge in [0.05, 0.1) is 37.3 Å². The number of rotatable bonds is 10. The minimum absolute atomic E-state index is 0.0107. The molecule has 0 aliphatic heterocycles. The number of halogens is 2. The molecule has 208 valence electrons. The topological polar surface area (TPSA) is 123 Å². The zero-order valence-corrected chi connectivity index (χ0v) is 22.1. The maximum atomic E-state index is 14.0. The van der Waals surface area contributed by atoms with Crippen LogP contribution in [0.15, 0.2) is 30.9 Å². The standard InChI is InChI=1S/C27H33F2N7O3/c1-3-4-22(37)34-24(16-5-6-16)18-11-21-33-20(14-36(21)32-13-18)25(17-7-9-27(28,29)10-8-17)35-26(38)19-12-23(39-2)31-15-30-19/h11-17,24-25H,3-10H2,1-2H3,(H,34,37)(H,35,38)/t24-,25+/m1/s1. The zero-order chi connectivity index (χ0) is 27.6. The van der Waals surface area contributed by atoms with Crippen molar-refractivity contribution >= 4 is 17.5 Å². The minimum atomic E-state index is -2.71. The molecule has 5 rings (SSSR count). The van der Waals surface area contributed by atoms with Crippen LogP contribution in [0, 0.1) is 11.8 Å². The molecule has 0 spiro atoms. The van der Waals surface area contributed by atoms with Crippen molar-refractivity contribution in [2.75, 3.05) is 7.11 Å². The maximum absolute atomic E-state index is 14.0. The van der Waals surface area contributed by atoms with E-state index in [9.17, 15) is 18.4 Å². The van der Waals surface area contributed by atoms with Crippen LogP contribution in [0.3, 0.4) is 0 Å². The van der Waals surface area contributed by atoms with Crippen molar-refractivity contribution in [3.63, 3.8) is 0 Å². The van der Waals surface area contributed by atoms with Crippen molar-refractivity contribution in [2.45, 2.75) is 76.3 Å². The van der Waals surface area contributed by atoms with Crippen LogP contribution in [-0.2, 0) is 4.79 Å². The van der Waals surface area contributed by atoms with E-state index in [1.807, 2.05) is 13.0 Å². The second-order valence-corrected chi connectivity index (χ2v) is 10.5. The Morgan fingerprint density at radius 3 is 2.54 bits per heavy atom. The predicted molar refractivity (Wildman–Crippen MR) is 137 cm³/mol. The third kappa shape index (κ3) is 6.31. The molecule has 2 aliphatic rings. The van der Waals surface area contributed by atoms with E-state index in [1.54, 1.807) is 16.9 Å². The molecule has 2 amide bonds. The molecule has 12 heteroatoms. The Hall–Kier alpha value is -3.70. The van der Waals surface area contributed by atoms with E-state index in [-0.39, 0.29) is 55.1 Å². The highest BCUT2D eigenvalue weighted by Gasteiger charge is 2.40. The fourth-order valence-electron chi connectivity index (χ4n) is 5.22. The molecule has 10 nitrogen and oxygen atoms in total. The summed E-state index contributed by atoms with van der Waals surface area (Å²) in [6.45, 7) is 1.97. The number of nitrogens with one attached hydrogen (secondary N) is 2. The molecule has 3 aromatic heterocycles. The van der Waals surface area contributed by atoms with E-state index in [0.717, 1.165) is 24.8 Å². The van der Waals surface area contributed by atoms with E-state index < -0.39 is 17.9 Å². The summed E-state index contributed by atoms with van der Waals surface area (Å²) in [5.41, 5.74) is 2.06. The summed E-state index contributed by atoms with van der Waals surface area (Å²) in [5, 5.41) is 10.6. The molecule has 2 atom stereocenters. The monoisotopic (exact) mass is 541 g/mol. The molecular formula is C27H33F2N7O3. The number of carbonyl (C=O) groups excluding carboxylic acids is 2. The molecule has 0 radical (unpaired) electrons. The number of aromatic nitrogens is 5. The molecule has 0 saturated heterocycles. The first-order valence-electron chi connectivity index (χ1n) is 13.5. The van der Waals surface area contributed by atoms with Gasteiger partial charge in [-0.3, -0.25) is 9.59 Å². The summed E-state index contributed by atoms with van der Waals surface area (Å²) >= 11 is 0. The summed E-state index contributed by atoms with van der Waals surface area (Å²) in [7, 11) is 1.44. The van der Waals surface area contributed by atoms with E-state index in [2.05, 4.69) is 25.7 Å². The largest absolute Gasteiger partial charge is 0.481 e. The fraction of sp³-hybridized carbons (Fsp3) is 0.556. The Balaban J connectivity index is 1.43. The van der Waals surface area contributed by atoms with E-state index in [0.29, 0.717) is 23.7 Å². The molecule has 2 saturated carbocycles. The van der Waals surface area contributed by atoms with Crippen molar-refractivity contribution in [2.24, 2.45) is 11.8 Å². The van der Waals surface area contributed by atoms with Crippen molar-refractivity contribution in [1.82, 2.24) is 35.2 Å². The van der Waals surface area contributed by atoms with Crippen molar-refractivity contribution in [3.8, 4) is 5.88 Å². The van der Waals surface area contributed by atoms with Crippen molar-refractivity contribution in [3.05, 3.63) is 47.8 Å². The Labute approximate surface area is 225 Å². The highest BCUT2D eigenvalue weighted by Crippen LogP contribution is 2.42. The second kappa shape index (κ2) is 11.2. The van der Waals surface area contributed by atoms with Crippen LogP contribution in [0.2, 0.25) is 0 Å². The van der Waals surface area contributed by atoms with Gasteiger partial charge in [-0.05, 0) is 55.6 Å². The number of ether oxygens (including phenoxy) is 1. The lowest BCUT2D eigenvalue weighted by atomic mass is 9.81. The van der Waals surface area contributed by atoms with Crippen LogP contribution in [0.1, 0.15) is 92.1 Å². The minimum Gasteiger partial charge on any atom is -0.481 e. The zero-order valence-electron chi connectivity index (χ0n) is 22.1. The van der Waals surface area contributed by atoms with Gasteiger partial charge >= 0.3 is 0 Å². The van der Waals surface area contributed by atoms with Crippen LogP contribution >= 0.6 is 0 Å². The van der Waals surface area contributed by atoms with Crippen LogP contribution in [0.25, 0.3) is 5.65 Å². The van der Waals surface area contributed by atoms with Gasteiger partial charge in [0.2, 0.25) is 17.7 Å². The first-order valence-corrected chi connectivity index (χ1v) is 13.5. The van der Waals surface area contributed by atoms with E-state index in [1.165, 1.54) is 19.5 Å². The first-order chi connectivity index (χ1) is 18.8. The van der Waals surface area contributed by atoms with Gasteiger partial charge in [0.25, 0.3) is 5.91 Å². The van der Waals surface area contributed by atoms with Gasteiger partial charge in [0.15, 0.2) is 5.65 Å². The quantitative estimate of drug-likeness (QED) is 0.394. The van der Waals surface area contributed by atoms with Crippen LogP contribution in [0.4, 0.5) is 8.78 Å². The Kier molecular flexibility index (Phi) is 7.72. The Morgan fingerprint density at radius 1 is 1.10 bits per heavy atom. The lowest BCUT2D eigenvalue weighted by molar-refractivity contribution is -0.122. The fourth-order valence-corrected chi connectivity index (χ4v) is 5.22. The number of carbonyl (C=O) groups is 2. The highest BCUT2D eigenvalue weighted by molar-refractivity contribution is 5.92. The highest BCUT2D eigenvalue weighted by atomic mass is 19.3. The SMILES string of the molecule is CCCC(=O)N[C@@H](c1cnn2cc([C@@H](NC(=O)c3cc(OC)ncn3)C3CCC(F)(F)CC3)nc2c1)C1CC1. The number of alkyl halides is 2. The molecule has 3 heterocycles. The van der Waals surface area contributed by atoms with E-state index >= 15 is 0 Å². The Bertz CT molecular complexity index is 1330. The van der Waals surface area contributed by atoms with Gasteiger partial charge < -0.3 is 15.4 Å². The maximum Gasteiger partial charge on any atom is 0.270 e. The second-order valence-electron chi connectivity index (χ2n) is 10.5. The first kappa shape index (κ1) is 26.9. The normalized spacial score (nSPS) is 18.9. The lowest BCUT2D eigenvalue weighted by Gasteiger charge is -2.33. The van der Waals surface area contributed by atoms with Crippen LogP contribution < -0.4 is 15.4 Å². The molecule has 2 fully saturated rings. The molecule has 0 aromatic carbocycles. The molecule has 2 N–H and O–H groups in total. The summed E-state index contributed by atoms with van der Waals surface area (Å²) in [6.07, 6.45) is 7.98. The molecule has 0 unspecified atom stereocenters. The van der Waals surface area contributed by atoms with Crippen LogP contribution in [0.5, 0.6) is 5.88 Å². The van der Waals surface area contributed by atoms with Crippen LogP contribution in [-0.4, -0.2) is 49.4 Å². The number of hydrogen-bond donors (Lipinski definition) is 2. The van der Waals surface area contributed by atoms with Gasteiger partial charge in [0.1, 0.15) is 12.0 Å². The number of methoxy groups -OCH3 is 1. The summed E-state index contributed by atoms with van der Waals surface area (Å²) < 4.78 is 34.7. The number of amides is 2. The molecular weight excluding hydrogens is 508 g/mol. The number of imidazole rings is 1. The van der Waals surface area contributed by atoms with Crippen molar-refractivity contribution in [1.29, 1.82) is 0 Å². The number of hydrogen-bond acceptors (Lipinski definition) is 7. The van der Waals surface area contributed by atoms with Gasteiger partial charge in [-0.2, -0.15) is 5.10 Å². The lowest BCUT2D eigenvalue weighted by Crippen LogP contribution is -2.37. The van der Waals surface area contributed by atoms with Gasteiger partial charge in [-0.1, -0.05) is 6.92 Å². The third-order valence-corrected chi connectivity index (χ3v) is 7.53. The van der Waals surface area contributed by atoms with E-state index in [4.69, 9.17) is 9.72 Å². The molecule has 2 aliphatic carbocycles. The number of fused-ring (bicyclic) bond motifs is 1. The van der Waals surface area contributed by atoms with Gasteiger partial charge in [-0.15, -0.1) is 0 Å². The average Bonchev–Trinajstić information content (AvgIpc) is 3.68. The van der Waals surface area contributed by atoms with Gasteiger partial charge in [0, 0.05) is 25.3 Å². The average molecular weight is 542 g/mol. The molecule has 3 aromatic rings. The summed E-state index contributed by atoms with van der Waals surface area (Å²) in [4.78, 5) is 38.2. The number of nitrogens with zero attached hydrogens (tertiary/aromatic N) is 5. The predicted octanol–water partition coefficient (Wildman–Crippen LogP) is 4.19. The smallest absolute Gasteiger partial charge is 0.270 e. The molecule has 39 heavy (non-hydrogen) atoms. The summed E-state index contributed by atoms with van der Waals surface area (Å²) in [5.74, 6) is -2.81. The van der Waals surface area contributed by atoms with Crippen molar-refractivity contribution < 1.29 is 23.1 Å². The Morgan fingerprint density at radius 2 is 1.85 bits per heavy atom. The third-order valence-electron chi connectivity index (χ3n) is 7.53. The summed E-state index contributed by atoms with van der Waals surface area (Å²) in [6, 6.07) is 2.56.